The van der Waals surface area contributed by atoms with Crippen molar-refractivity contribution in [2.45, 2.75) is 46.1 Å². The van der Waals surface area contributed by atoms with Crippen LogP contribution in [0.3, 0.4) is 0 Å². The van der Waals surface area contributed by atoms with Crippen LogP contribution >= 0.6 is 11.3 Å². The highest BCUT2D eigenvalue weighted by atomic mass is 32.1. The molecule has 0 saturated heterocycles. The van der Waals surface area contributed by atoms with E-state index in [9.17, 15) is 9.59 Å². The molecule has 1 atom stereocenters. The van der Waals surface area contributed by atoms with Crippen molar-refractivity contribution < 1.29 is 4.74 Å². The Bertz CT molecular complexity index is 1100. The van der Waals surface area contributed by atoms with Crippen LogP contribution in [-0.4, -0.2) is 26.6 Å². The molecule has 3 heterocycles. The number of aromatic amines is 1. The van der Waals surface area contributed by atoms with Gasteiger partial charge in [0, 0.05) is 22.8 Å². The number of nitrogens with zero attached hydrogens (tertiary/aromatic N) is 3. The second kappa shape index (κ2) is 7.26. The average Bonchev–Trinajstić information content (AvgIpc) is 3.01. The molecule has 7 nitrogen and oxygen atoms in total. The maximum absolute atomic E-state index is 13.0. The summed E-state index contributed by atoms with van der Waals surface area (Å²) < 4.78 is 6.72. The second-order valence-corrected chi connectivity index (χ2v) is 8.20. The Balaban J connectivity index is 1.67. The molecule has 3 aromatic heterocycles. The molecule has 1 aliphatic carbocycles. The maximum atomic E-state index is 13.0. The molecule has 4 rings (SSSR count). The third-order valence-electron chi connectivity index (χ3n) is 4.90. The number of fused-ring (bicyclic) bond motifs is 3. The van der Waals surface area contributed by atoms with Crippen LogP contribution in [0.2, 0.25) is 0 Å². The summed E-state index contributed by atoms with van der Waals surface area (Å²) in [7, 11) is 0. The molecule has 1 unspecified atom stereocenters. The zero-order valence-electron chi connectivity index (χ0n) is 15.4. The molecular formula is C19H22N4O3S. The Morgan fingerprint density at radius 2 is 2.26 bits per heavy atom. The minimum Gasteiger partial charge on any atom is -0.488 e. The van der Waals surface area contributed by atoms with Crippen LogP contribution in [-0.2, 0) is 19.4 Å². The van der Waals surface area contributed by atoms with Crippen molar-refractivity contribution in [1.29, 1.82) is 0 Å². The van der Waals surface area contributed by atoms with E-state index in [2.05, 4.69) is 22.2 Å². The summed E-state index contributed by atoms with van der Waals surface area (Å²) in [6.45, 7) is 4.88. The normalized spacial score (nSPS) is 16.4. The highest BCUT2D eigenvalue weighted by Crippen LogP contribution is 2.35. The number of hydrogen-bond donors (Lipinski definition) is 1. The lowest BCUT2D eigenvalue weighted by Gasteiger charge is -2.17. The predicted molar refractivity (Wildman–Crippen MR) is 105 cm³/mol. The lowest BCUT2D eigenvalue weighted by molar-refractivity contribution is 0.313. The summed E-state index contributed by atoms with van der Waals surface area (Å²) >= 11 is 1.58. The van der Waals surface area contributed by atoms with E-state index in [4.69, 9.17) is 4.74 Å². The number of thiophene rings is 1. The largest absolute Gasteiger partial charge is 0.488 e. The van der Waals surface area contributed by atoms with Crippen LogP contribution < -0.4 is 15.7 Å². The number of pyridine rings is 1. The van der Waals surface area contributed by atoms with Gasteiger partial charge in [-0.2, -0.15) is 0 Å². The van der Waals surface area contributed by atoms with Crippen molar-refractivity contribution in [3.63, 3.8) is 0 Å². The summed E-state index contributed by atoms with van der Waals surface area (Å²) in [6, 6.07) is 1.45. The number of ether oxygens (including phenoxy) is 1. The highest BCUT2D eigenvalue weighted by Gasteiger charge is 2.23. The van der Waals surface area contributed by atoms with Crippen LogP contribution in [0.4, 0.5) is 0 Å². The first-order chi connectivity index (χ1) is 13.1. The van der Waals surface area contributed by atoms with Crippen molar-refractivity contribution >= 4 is 21.6 Å². The van der Waals surface area contributed by atoms with E-state index in [1.165, 1.54) is 21.8 Å². The predicted octanol–water partition coefficient (Wildman–Crippen LogP) is 2.50. The smallest absolute Gasteiger partial charge is 0.279 e. The van der Waals surface area contributed by atoms with Gasteiger partial charge in [0.1, 0.15) is 0 Å². The van der Waals surface area contributed by atoms with Gasteiger partial charge in [0.15, 0.2) is 10.6 Å². The van der Waals surface area contributed by atoms with Crippen molar-refractivity contribution in [3.05, 3.63) is 49.0 Å². The Labute approximate surface area is 160 Å². The van der Waals surface area contributed by atoms with Gasteiger partial charge in [-0.1, -0.05) is 19.1 Å². The number of H-pyrrole nitrogens is 1. The van der Waals surface area contributed by atoms with Crippen molar-refractivity contribution in [1.82, 2.24) is 20.0 Å². The molecule has 0 fully saturated rings. The Morgan fingerprint density at radius 1 is 1.41 bits per heavy atom. The Hall–Kier alpha value is -2.48. The molecule has 1 aliphatic rings. The quantitative estimate of drug-likeness (QED) is 0.728. The second-order valence-electron chi connectivity index (χ2n) is 7.12. The van der Waals surface area contributed by atoms with E-state index in [0.29, 0.717) is 28.4 Å². The van der Waals surface area contributed by atoms with Gasteiger partial charge in [-0.3, -0.25) is 9.59 Å². The molecule has 142 valence electrons. The summed E-state index contributed by atoms with van der Waals surface area (Å²) in [4.78, 5) is 30.1. The van der Waals surface area contributed by atoms with Crippen molar-refractivity contribution in [2.75, 3.05) is 6.61 Å². The fourth-order valence-electron chi connectivity index (χ4n) is 3.47. The van der Waals surface area contributed by atoms with Crippen LogP contribution in [0.1, 0.15) is 42.8 Å². The number of nitrogens with one attached hydrogen (secondary N) is 1. The maximum Gasteiger partial charge on any atom is 0.279 e. The first-order valence-electron chi connectivity index (χ1n) is 9.29. The number of hydrogen-bond acceptors (Lipinski definition) is 6. The molecule has 0 spiro atoms. The first kappa shape index (κ1) is 17.9. The zero-order chi connectivity index (χ0) is 19.0. The molecule has 0 radical (unpaired) electrons. The third kappa shape index (κ3) is 3.41. The summed E-state index contributed by atoms with van der Waals surface area (Å²) in [5.41, 5.74) is 1.39. The van der Waals surface area contributed by atoms with Gasteiger partial charge < -0.3 is 9.72 Å². The SMILES string of the molecule is CCCOc1c[nH]c(Cn2nnc3sc4c(c3c2=O)CCC(C)C4)cc1=O. The fraction of sp³-hybridized carbons (Fsp3) is 0.474. The monoisotopic (exact) mass is 386 g/mol. The minimum absolute atomic E-state index is 0.140. The van der Waals surface area contributed by atoms with E-state index in [-0.39, 0.29) is 23.3 Å². The minimum atomic E-state index is -0.207. The lowest BCUT2D eigenvalue weighted by Crippen LogP contribution is -2.26. The molecular weight excluding hydrogens is 364 g/mol. The van der Waals surface area contributed by atoms with E-state index in [1.54, 1.807) is 11.3 Å². The standard InChI is InChI=1S/C19H22N4O3S/c1-3-6-26-15-9-20-12(8-14(15)24)10-23-19(25)17-13-5-4-11(2)7-16(13)27-18(17)21-22-23/h8-9,11H,3-7,10H2,1-2H3,(H,20,24). The van der Waals surface area contributed by atoms with Gasteiger partial charge in [-0.25, -0.2) is 4.68 Å². The molecule has 0 aliphatic heterocycles. The van der Waals surface area contributed by atoms with Crippen LogP contribution in [0.25, 0.3) is 10.2 Å². The van der Waals surface area contributed by atoms with Crippen molar-refractivity contribution in [2.24, 2.45) is 5.92 Å². The van der Waals surface area contributed by atoms with Gasteiger partial charge >= 0.3 is 0 Å². The molecule has 3 aromatic rings. The average molecular weight is 386 g/mol. The van der Waals surface area contributed by atoms with Gasteiger partial charge in [0.2, 0.25) is 5.43 Å². The summed E-state index contributed by atoms with van der Waals surface area (Å²) in [5, 5.41) is 9.04. The molecule has 0 bridgehead atoms. The number of rotatable bonds is 5. The van der Waals surface area contributed by atoms with Gasteiger partial charge in [-0.15, -0.1) is 16.4 Å². The van der Waals surface area contributed by atoms with E-state index in [0.717, 1.165) is 31.2 Å². The molecule has 8 heteroatoms. The number of aromatic nitrogens is 4. The summed E-state index contributed by atoms with van der Waals surface area (Å²) in [5.74, 6) is 0.926. The van der Waals surface area contributed by atoms with Crippen molar-refractivity contribution in [3.8, 4) is 5.75 Å². The Kier molecular flexibility index (Phi) is 4.82. The first-order valence-corrected chi connectivity index (χ1v) is 10.1. The van der Waals surface area contributed by atoms with Gasteiger partial charge in [0.05, 0.1) is 18.5 Å². The van der Waals surface area contributed by atoms with Crippen LogP contribution in [0, 0.1) is 5.92 Å². The van der Waals surface area contributed by atoms with E-state index in [1.807, 2.05) is 6.92 Å². The molecule has 27 heavy (non-hydrogen) atoms. The number of aryl methyl sites for hydroxylation is 1. The molecule has 0 aromatic carbocycles. The highest BCUT2D eigenvalue weighted by molar-refractivity contribution is 7.18. The molecule has 1 N–H and O–H groups in total. The fourth-order valence-corrected chi connectivity index (χ4v) is 4.79. The Morgan fingerprint density at radius 3 is 3.04 bits per heavy atom. The molecule has 0 amide bonds. The van der Waals surface area contributed by atoms with Gasteiger partial charge in [-0.05, 0) is 37.2 Å². The van der Waals surface area contributed by atoms with E-state index >= 15 is 0 Å². The zero-order valence-corrected chi connectivity index (χ0v) is 16.3. The summed E-state index contributed by atoms with van der Waals surface area (Å²) in [6.07, 6.45) is 5.38. The van der Waals surface area contributed by atoms with Crippen LogP contribution in [0.5, 0.6) is 5.75 Å². The van der Waals surface area contributed by atoms with Gasteiger partial charge in [0.25, 0.3) is 5.56 Å². The third-order valence-corrected chi connectivity index (χ3v) is 6.04. The van der Waals surface area contributed by atoms with Crippen LogP contribution in [0.15, 0.2) is 21.9 Å². The lowest BCUT2D eigenvalue weighted by atomic mass is 9.89. The molecule has 0 saturated carbocycles. The topological polar surface area (TPSA) is 89.9 Å². The van der Waals surface area contributed by atoms with E-state index < -0.39 is 0 Å².